The van der Waals surface area contributed by atoms with Crippen molar-refractivity contribution in [1.82, 2.24) is 0 Å². The Labute approximate surface area is 190 Å². The molecule has 1 atom stereocenters. The van der Waals surface area contributed by atoms with Gasteiger partial charge in [-0.05, 0) is 54.4 Å². The molecule has 7 heteroatoms. The second kappa shape index (κ2) is 9.90. The van der Waals surface area contributed by atoms with Crippen LogP contribution in [0.3, 0.4) is 0 Å². The second-order valence-electron chi connectivity index (χ2n) is 7.23. The van der Waals surface area contributed by atoms with Crippen LogP contribution in [0.2, 0.25) is 5.02 Å². The number of benzene rings is 3. The number of nitrogens with one attached hydrogen (secondary N) is 3. The zero-order valence-corrected chi connectivity index (χ0v) is 18.3. The molecule has 3 aromatic carbocycles. The monoisotopic (exact) mass is 451 g/mol. The lowest BCUT2D eigenvalue weighted by atomic mass is 10.1. The van der Waals surface area contributed by atoms with E-state index in [0.717, 1.165) is 23.5 Å². The number of anilines is 3. The Bertz CT molecular complexity index is 1070. The summed E-state index contributed by atoms with van der Waals surface area (Å²) in [6.45, 7) is 0.830. The minimum absolute atomic E-state index is 0.0929. The fourth-order valence-electron chi connectivity index (χ4n) is 3.30. The van der Waals surface area contributed by atoms with Gasteiger partial charge in [-0.15, -0.1) is 11.8 Å². The van der Waals surface area contributed by atoms with E-state index in [4.69, 9.17) is 11.6 Å². The molecule has 0 saturated carbocycles. The fraction of sp³-hybridized carbons (Fsp3) is 0.167. The molecule has 1 aliphatic heterocycles. The summed E-state index contributed by atoms with van der Waals surface area (Å²) in [5, 5.41) is 9.16. The van der Waals surface area contributed by atoms with Crippen LogP contribution in [0.15, 0.2) is 77.7 Å². The predicted molar refractivity (Wildman–Crippen MR) is 128 cm³/mol. The topological polar surface area (TPSA) is 70.2 Å². The minimum atomic E-state index is -0.479. The summed E-state index contributed by atoms with van der Waals surface area (Å²) in [6, 6.07) is 23.2. The lowest BCUT2D eigenvalue weighted by Crippen LogP contribution is -2.32. The van der Waals surface area contributed by atoms with Crippen molar-refractivity contribution < 1.29 is 9.59 Å². The van der Waals surface area contributed by atoms with E-state index in [1.807, 2.05) is 48.5 Å². The highest BCUT2D eigenvalue weighted by Gasteiger charge is 2.29. The molecule has 0 saturated heterocycles. The number of rotatable bonds is 7. The van der Waals surface area contributed by atoms with Crippen LogP contribution in [0.5, 0.6) is 0 Å². The molecule has 3 aromatic rings. The van der Waals surface area contributed by atoms with Crippen molar-refractivity contribution in [2.24, 2.45) is 0 Å². The Morgan fingerprint density at radius 2 is 1.74 bits per heavy atom. The molecule has 2 amide bonds. The van der Waals surface area contributed by atoms with Crippen LogP contribution >= 0.6 is 23.4 Å². The van der Waals surface area contributed by atoms with Crippen LogP contribution in [0.25, 0.3) is 0 Å². The third kappa shape index (κ3) is 5.81. The van der Waals surface area contributed by atoms with Crippen LogP contribution in [0.4, 0.5) is 17.1 Å². The van der Waals surface area contributed by atoms with Gasteiger partial charge >= 0.3 is 0 Å². The molecule has 1 heterocycles. The van der Waals surface area contributed by atoms with Gasteiger partial charge in [0.25, 0.3) is 0 Å². The van der Waals surface area contributed by atoms with Crippen molar-refractivity contribution in [2.45, 2.75) is 23.0 Å². The first kappa shape index (κ1) is 21.3. The lowest BCUT2D eigenvalue weighted by molar-refractivity contribution is -0.120. The van der Waals surface area contributed by atoms with E-state index in [-0.39, 0.29) is 18.2 Å². The third-order valence-corrected chi connectivity index (χ3v) is 6.40. The molecule has 0 spiro atoms. The number of hydrogen-bond acceptors (Lipinski definition) is 4. The van der Waals surface area contributed by atoms with E-state index in [0.29, 0.717) is 16.4 Å². The standard InChI is InChI=1S/C24H22ClN3O2S/c25-17-6-11-21-20(14-17)28-24(30)22(31-21)15-23(29)27-19-9-7-18(8-10-19)26-13-12-16-4-2-1-3-5-16/h1-11,14,22,26H,12-13,15H2,(H,27,29)(H,28,30). The number of halogens is 1. The van der Waals surface area contributed by atoms with Crippen LogP contribution in [0.1, 0.15) is 12.0 Å². The maximum Gasteiger partial charge on any atom is 0.238 e. The smallest absolute Gasteiger partial charge is 0.238 e. The van der Waals surface area contributed by atoms with Crippen molar-refractivity contribution in [3.05, 3.63) is 83.4 Å². The maximum absolute atomic E-state index is 12.5. The van der Waals surface area contributed by atoms with Crippen LogP contribution in [-0.4, -0.2) is 23.6 Å². The molecule has 0 bridgehead atoms. The average molecular weight is 452 g/mol. The van der Waals surface area contributed by atoms with Crippen molar-refractivity contribution in [2.75, 3.05) is 22.5 Å². The second-order valence-corrected chi connectivity index (χ2v) is 8.91. The minimum Gasteiger partial charge on any atom is -0.385 e. The highest BCUT2D eigenvalue weighted by Crippen LogP contribution is 2.38. The summed E-state index contributed by atoms with van der Waals surface area (Å²) in [5.41, 5.74) is 3.67. The van der Waals surface area contributed by atoms with E-state index in [1.54, 1.807) is 12.1 Å². The predicted octanol–water partition coefficient (Wildman–Crippen LogP) is 5.44. The lowest BCUT2D eigenvalue weighted by Gasteiger charge is -2.23. The number of hydrogen-bond donors (Lipinski definition) is 3. The average Bonchev–Trinajstić information content (AvgIpc) is 2.76. The van der Waals surface area contributed by atoms with E-state index >= 15 is 0 Å². The van der Waals surface area contributed by atoms with Gasteiger partial charge in [0.05, 0.1) is 10.9 Å². The third-order valence-electron chi connectivity index (χ3n) is 4.89. The molecule has 0 aliphatic carbocycles. The van der Waals surface area contributed by atoms with Gasteiger partial charge in [-0.1, -0.05) is 41.9 Å². The number of thioether (sulfide) groups is 1. The first-order valence-electron chi connectivity index (χ1n) is 10.0. The normalized spacial score (nSPS) is 15.0. The summed E-state index contributed by atoms with van der Waals surface area (Å²) < 4.78 is 0. The molecule has 158 valence electrons. The SMILES string of the molecule is O=C(CC1Sc2ccc(Cl)cc2NC1=O)Nc1ccc(NCCc2ccccc2)cc1. The molecule has 0 fully saturated rings. The molecule has 3 N–H and O–H groups in total. The Balaban J connectivity index is 1.27. The van der Waals surface area contributed by atoms with Gasteiger partial charge in [0.15, 0.2) is 0 Å². The Kier molecular flexibility index (Phi) is 6.79. The zero-order valence-electron chi connectivity index (χ0n) is 16.7. The number of carbonyl (C=O) groups is 2. The number of fused-ring (bicyclic) bond motifs is 1. The Hall–Kier alpha value is -2.96. The molecule has 5 nitrogen and oxygen atoms in total. The van der Waals surface area contributed by atoms with Crippen molar-refractivity contribution in [1.29, 1.82) is 0 Å². The van der Waals surface area contributed by atoms with Gasteiger partial charge in [0.2, 0.25) is 11.8 Å². The molecule has 0 aromatic heterocycles. The van der Waals surface area contributed by atoms with Crippen LogP contribution in [0, 0.1) is 0 Å². The maximum atomic E-state index is 12.5. The molecule has 1 unspecified atom stereocenters. The summed E-state index contributed by atoms with van der Waals surface area (Å²) in [6.07, 6.45) is 1.03. The Morgan fingerprint density at radius 3 is 2.52 bits per heavy atom. The largest absolute Gasteiger partial charge is 0.385 e. The first-order chi connectivity index (χ1) is 15.1. The van der Waals surface area contributed by atoms with E-state index in [2.05, 4.69) is 28.1 Å². The Morgan fingerprint density at radius 1 is 1.00 bits per heavy atom. The van der Waals surface area contributed by atoms with E-state index in [9.17, 15) is 9.59 Å². The van der Waals surface area contributed by atoms with Crippen molar-refractivity contribution in [3.8, 4) is 0 Å². The highest BCUT2D eigenvalue weighted by molar-refractivity contribution is 8.01. The van der Waals surface area contributed by atoms with Gasteiger partial charge in [0, 0.05) is 34.3 Å². The highest BCUT2D eigenvalue weighted by atomic mass is 35.5. The van der Waals surface area contributed by atoms with Gasteiger partial charge < -0.3 is 16.0 Å². The molecule has 1 aliphatic rings. The zero-order chi connectivity index (χ0) is 21.6. The molecule has 4 rings (SSSR count). The molecule has 0 radical (unpaired) electrons. The quantitative estimate of drug-likeness (QED) is 0.447. The molecule has 31 heavy (non-hydrogen) atoms. The van der Waals surface area contributed by atoms with Gasteiger partial charge in [-0.3, -0.25) is 9.59 Å². The summed E-state index contributed by atoms with van der Waals surface area (Å²) in [7, 11) is 0. The summed E-state index contributed by atoms with van der Waals surface area (Å²) >= 11 is 7.35. The summed E-state index contributed by atoms with van der Waals surface area (Å²) in [4.78, 5) is 25.7. The number of amides is 2. The molecular weight excluding hydrogens is 430 g/mol. The van der Waals surface area contributed by atoms with Crippen LogP contribution in [-0.2, 0) is 16.0 Å². The number of carbonyl (C=O) groups excluding carboxylic acids is 2. The first-order valence-corrected chi connectivity index (χ1v) is 11.3. The van der Waals surface area contributed by atoms with E-state index in [1.165, 1.54) is 17.3 Å². The van der Waals surface area contributed by atoms with Gasteiger partial charge in [0.1, 0.15) is 0 Å². The fourth-order valence-corrected chi connectivity index (χ4v) is 4.57. The van der Waals surface area contributed by atoms with Gasteiger partial charge in [-0.25, -0.2) is 0 Å². The molecular formula is C24H22ClN3O2S. The van der Waals surface area contributed by atoms with E-state index < -0.39 is 5.25 Å². The van der Waals surface area contributed by atoms with Gasteiger partial charge in [-0.2, -0.15) is 0 Å². The summed E-state index contributed by atoms with van der Waals surface area (Å²) in [5.74, 6) is -0.386. The van der Waals surface area contributed by atoms with Crippen molar-refractivity contribution in [3.63, 3.8) is 0 Å². The van der Waals surface area contributed by atoms with Crippen LogP contribution < -0.4 is 16.0 Å². The van der Waals surface area contributed by atoms with Crippen molar-refractivity contribution >= 4 is 52.2 Å².